The number of carbonyl (C=O) groups is 2. The summed E-state index contributed by atoms with van der Waals surface area (Å²) in [4.78, 5) is 20.6. The lowest BCUT2D eigenvalue weighted by Crippen LogP contribution is -2.04. The Hall–Kier alpha value is -2.52. The largest absolute Gasteiger partial charge is 0.324 e. The highest BCUT2D eigenvalue weighted by Gasteiger charge is 1.97. The summed E-state index contributed by atoms with van der Waals surface area (Å²) in [7, 11) is 0. The second kappa shape index (κ2) is 10.2. The van der Waals surface area contributed by atoms with E-state index in [4.69, 9.17) is 5.73 Å². The quantitative estimate of drug-likeness (QED) is 0.667. The first-order valence-electron chi connectivity index (χ1n) is 7.56. The summed E-state index contributed by atoms with van der Waals surface area (Å²) in [5, 5.41) is 0. The summed E-state index contributed by atoms with van der Waals surface area (Å²) in [6, 6.07) is 14.9. The van der Waals surface area contributed by atoms with E-state index in [2.05, 4.69) is 6.08 Å². The van der Waals surface area contributed by atoms with Crippen LogP contribution in [0, 0.1) is 0 Å². The van der Waals surface area contributed by atoms with Gasteiger partial charge >= 0.3 is 0 Å². The van der Waals surface area contributed by atoms with Crippen LogP contribution in [0.2, 0.25) is 0 Å². The summed E-state index contributed by atoms with van der Waals surface area (Å²) in [5.74, 6) is 0. The number of rotatable bonds is 5. The number of aldehydes is 2. The van der Waals surface area contributed by atoms with Crippen molar-refractivity contribution in [3.63, 3.8) is 0 Å². The van der Waals surface area contributed by atoms with Gasteiger partial charge in [0.25, 0.3) is 0 Å². The van der Waals surface area contributed by atoms with Crippen LogP contribution in [0.1, 0.15) is 51.7 Å². The third-order valence-electron chi connectivity index (χ3n) is 3.30. The highest BCUT2D eigenvalue weighted by atomic mass is 16.1. The van der Waals surface area contributed by atoms with Crippen molar-refractivity contribution in [1.29, 1.82) is 0 Å². The predicted molar refractivity (Wildman–Crippen MR) is 94.8 cm³/mol. The van der Waals surface area contributed by atoms with Crippen LogP contribution in [-0.2, 0) is 6.42 Å². The van der Waals surface area contributed by atoms with Crippen LogP contribution in [0.15, 0.2) is 60.7 Å². The maximum Gasteiger partial charge on any atom is 0.150 e. The van der Waals surface area contributed by atoms with Gasteiger partial charge in [0.05, 0.1) is 0 Å². The number of hydrogen-bond acceptors (Lipinski definition) is 3. The fraction of sp³-hybridized carbons (Fsp3) is 0.200. The molecule has 2 aromatic carbocycles. The molecule has 0 amide bonds. The standard InChI is InChI=1S/C11H12O.C9H11NO/c1-2-3-4-10-5-7-11(9-12)8-6-10;1-7(10)9-4-2-8(6-11)3-5-9/h2-3,5-9H,4H2,1H3;2-7H,10H2,1H3/b3-2-;. The topological polar surface area (TPSA) is 60.2 Å². The van der Waals surface area contributed by atoms with Crippen LogP contribution in [0.3, 0.4) is 0 Å². The molecule has 0 saturated heterocycles. The van der Waals surface area contributed by atoms with Crippen molar-refractivity contribution in [2.45, 2.75) is 26.3 Å². The van der Waals surface area contributed by atoms with Gasteiger partial charge in [-0.15, -0.1) is 0 Å². The first-order chi connectivity index (χ1) is 11.1. The lowest BCUT2D eigenvalue weighted by molar-refractivity contribution is 0.111. The van der Waals surface area contributed by atoms with E-state index in [0.29, 0.717) is 5.56 Å². The first-order valence-corrected chi connectivity index (χ1v) is 7.56. The average molecular weight is 309 g/mol. The summed E-state index contributed by atoms with van der Waals surface area (Å²) in [6.45, 7) is 3.91. The number of carbonyl (C=O) groups excluding carboxylic acids is 2. The Balaban J connectivity index is 0.000000231. The van der Waals surface area contributed by atoms with E-state index in [0.717, 1.165) is 30.1 Å². The Morgan fingerprint density at radius 3 is 1.78 bits per heavy atom. The second-order valence-corrected chi connectivity index (χ2v) is 5.21. The van der Waals surface area contributed by atoms with Crippen molar-refractivity contribution < 1.29 is 9.59 Å². The molecule has 23 heavy (non-hydrogen) atoms. The molecule has 2 aromatic rings. The number of allylic oxidation sites excluding steroid dienone is 2. The van der Waals surface area contributed by atoms with Crippen LogP contribution < -0.4 is 5.73 Å². The maximum absolute atomic E-state index is 10.3. The molecule has 0 aliphatic heterocycles. The molecule has 0 saturated carbocycles. The molecule has 0 fully saturated rings. The van der Waals surface area contributed by atoms with Gasteiger partial charge in [-0.25, -0.2) is 0 Å². The van der Waals surface area contributed by atoms with E-state index >= 15 is 0 Å². The average Bonchev–Trinajstić information content (AvgIpc) is 2.61. The Morgan fingerprint density at radius 2 is 1.39 bits per heavy atom. The van der Waals surface area contributed by atoms with Gasteiger partial charge in [-0.3, -0.25) is 9.59 Å². The van der Waals surface area contributed by atoms with Crippen molar-refractivity contribution in [3.8, 4) is 0 Å². The molecule has 120 valence electrons. The number of nitrogens with two attached hydrogens (primary N) is 1. The van der Waals surface area contributed by atoms with E-state index in [1.54, 1.807) is 12.1 Å². The molecule has 1 unspecified atom stereocenters. The van der Waals surface area contributed by atoms with Crippen LogP contribution in [0.4, 0.5) is 0 Å². The molecule has 2 rings (SSSR count). The molecule has 0 radical (unpaired) electrons. The lowest BCUT2D eigenvalue weighted by Gasteiger charge is -2.03. The zero-order valence-electron chi connectivity index (χ0n) is 13.6. The highest BCUT2D eigenvalue weighted by Crippen LogP contribution is 2.09. The molecule has 3 nitrogen and oxygen atoms in total. The van der Waals surface area contributed by atoms with Gasteiger partial charge in [-0.1, -0.05) is 60.7 Å². The molecule has 0 aliphatic rings. The number of benzene rings is 2. The summed E-state index contributed by atoms with van der Waals surface area (Å²) < 4.78 is 0. The highest BCUT2D eigenvalue weighted by molar-refractivity contribution is 5.75. The third-order valence-corrected chi connectivity index (χ3v) is 3.30. The van der Waals surface area contributed by atoms with E-state index in [-0.39, 0.29) is 6.04 Å². The van der Waals surface area contributed by atoms with Gasteiger partial charge in [0.1, 0.15) is 12.6 Å². The summed E-state index contributed by atoms with van der Waals surface area (Å²) >= 11 is 0. The Kier molecular flexibility index (Phi) is 8.25. The Morgan fingerprint density at radius 1 is 0.913 bits per heavy atom. The minimum Gasteiger partial charge on any atom is -0.324 e. The minimum atomic E-state index is 0.0377. The zero-order chi connectivity index (χ0) is 17.1. The minimum absolute atomic E-state index is 0.0377. The van der Waals surface area contributed by atoms with Gasteiger partial charge in [-0.2, -0.15) is 0 Å². The van der Waals surface area contributed by atoms with Crippen LogP contribution in [-0.4, -0.2) is 12.6 Å². The molecule has 0 bridgehead atoms. The van der Waals surface area contributed by atoms with Gasteiger partial charge < -0.3 is 5.73 Å². The van der Waals surface area contributed by atoms with Crippen molar-refractivity contribution in [2.75, 3.05) is 0 Å². The Bertz CT molecular complexity index is 626. The van der Waals surface area contributed by atoms with Crippen molar-refractivity contribution >= 4 is 12.6 Å². The molecule has 0 spiro atoms. The van der Waals surface area contributed by atoms with Gasteiger partial charge in [0.2, 0.25) is 0 Å². The molecule has 0 aliphatic carbocycles. The molecule has 3 heteroatoms. The molecule has 0 aromatic heterocycles. The van der Waals surface area contributed by atoms with Crippen LogP contribution >= 0.6 is 0 Å². The summed E-state index contributed by atoms with van der Waals surface area (Å²) in [5.41, 5.74) is 9.33. The van der Waals surface area contributed by atoms with Crippen molar-refractivity contribution in [2.24, 2.45) is 5.73 Å². The number of hydrogen-bond donors (Lipinski definition) is 1. The Labute approximate surface area is 137 Å². The first kappa shape index (κ1) is 18.5. The smallest absolute Gasteiger partial charge is 0.150 e. The second-order valence-electron chi connectivity index (χ2n) is 5.21. The molecular weight excluding hydrogens is 286 g/mol. The monoisotopic (exact) mass is 309 g/mol. The van der Waals surface area contributed by atoms with Crippen molar-refractivity contribution in [3.05, 3.63) is 82.9 Å². The lowest BCUT2D eigenvalue weighted by atomic mass is 10.1. The van der Waals surface area contributed by atoms with Gasteiger partial charge in [0.15, 0.2) is 0 Å². The SMILES string of the molecule is C/C=C\Cc1ccc(C=O)cc1.CC(N)c1ccc(C=O)cc1. The fourth-order valence-electron chi connectivity index (χ4n) is 1.86. The normalized spacial score (nSPS) is 11.4. The van der Waals surface area contributed by atoms with Gasteiger partial charge in [0, 0.05) is 17.2 Å². The van der Waals surface area contributed by atoms with E-state index in [1.165, 1.54) is 5.56 Å². The maximum atomic E-state index is 10.3. The van der Waals surface area contributed by atoms with Crippen LogP contribution in [0.5, 0.6) is 0 Å². The van der Waals surface area contributed by atoms with E-state index in [1.807, 2.05) is 56.3 Å². The molecule has 2 N–H and O–H groups in total. The van der Waals surface area contributed by atoms with E-state index in [9.17, 15) is 9.59 Å². The molecule has 0 heterocycles. The van der Waals surface area contributed by atoms with Crippen molar-refractivity contribution in [1.82, 2.24) is 0 Å². The molecule has 1 atom stereocenters. The predicted octanol–water partition coefficient (Wildman–Crippen LogP) is 4.14. The molecular formula is C20H23NO2. The van der Waals surface area contributed by atoms with E-state index < -0.39 is 0 Å². The zero-order valence-corrected chi connectivity index (χ0v) is 13.6. The van der Waals surface area contributed by atoms with Gasteiger partial charge in [-0.05, 0) is 31.4 Å². The summed E-state index contributed by atoms with van der Waals surface area (Å²) in [6.07, 6.45) is 6.74. The van der Waals surface area contributed by atoms with Crippen LogP contribution in [0.25, 0.3) is 0 Å². The fourth-order valence-corrected chi connectivity index (χ4v) is 1.86. The third kappa shape index (κ3) is 6.85.